The van der Waals surface area contributed by atoms with Crippen molar-refractivity contribution in [1.82, 2.24) is 9.78 Å². The first-order chi connectivity index (χ1) is 8.22. The Morgan fingerprint density at radius 2 is 2.41 bits per heavy atom. The van der Waals surface area contributed by atoms with Crippen LogP contribution in [0.15, 0.2) is 6.20 Å². The number of ether oxygens (including phenoxy) is 1. The molecule has 0 aliphatic heterocycles. The highest BCUT2D eigenvalue weighted by Crippen LogP contribution is 2.35. The van der Waals surface area contributed by atoms with Crippen LogP contribution in [0.1, 0.15) is 37.3 Å². The summed E-state index contributed by atoms with van der Waals surface area (Å²) in [4.78, 5) is 0. The van der Waals surface area contributed by atoms with Gasteiger partial charge >= 0.3 is 0 Å². The molecule has 4 nitrogen and oxygen atoms in total. The van der Waals surface area contributed by atoms with Crippen LogP contribution in [-0.2, 0) is 11.3 Å². The van der Waals surface area contributed by atoms with Crippen LogP contribution in [0.2, 0.25) is 5.02 Å². The first-order valence-corrected chi connectivity index (χ1v) is 6.56. The van der Waals surface area contributed by atoms with Crippen LogP contribution in [0.25, 0.3) is 0 Å². The van der Waals surface area contributed by atoms with Gasteiger partial charge in [0.05, 0.1) is 30.1 Å². The van der Waals surface area contributed by atoms with Crippen molar-refractivity contribution in [2.75, 3.05) is 13.7 Å². The number of rotatable bonds is 4. The Bertz CT molecular complexity index is 367. The quantitative estimate of drug-likeness (QED) is 0.899. The van der Waals surface area contributed by atoms with Crippen molar-refractivity contribution < 1.29 is 4.74 Å². The number of nitrogens with zero attached hydrogens (tertiary/aromatic N) is 2. The molecule has 1 fully saturated rings. The lowest BCUT2D eigenvalue weighted by molar-refractivity contribution is 0.181. The Labute approximate surface area is 107 Å². The summed E-state index contributed by atoms with van der Waals surface area (Å²) in [6.45, 7) is 1.41. The molecule has 2 atom stereocenters. The standard InChI is InChI=1S/C12H20ClN3O/c1-17-6-5-16-12(11(13)8-15-16)9-3-2-4-10(14)7-9/h8-10H,2-7,14H2,1H3. The van der Waals surface area contributed by atoms with E-state index in [-0.39, 0.29) is 0 Å². The second-order valence-electron chi connectivity index (χ2n) is 4.72. The molecule has 0 saturated heterocycles. The molecular formula is C12H20ClN3O. The van der Waals surface area contributed by atoms with E-state index in [0.29, 0.717) is 18.6 Å². The lowest BCUT2D eigenvalue weighted by atomic mass is 9.84. The van der Waals surface area contributed by atoms with Gasteiger partial charge in [0, 0.05) is 19.1 Å². The van der Waals surface area contributed by atoms with Crippen LogP contribution in [0, 0.1) is 0 Å². The van der Waals surface area contributed by atoms with E-state index in [1.165, 1.54) is 6.42 Å². The second-order valence-corrected chi connectivity index (χ2v) is 5.12. The molecule has 1 saturated carbocycles. The zero-order valence-corrected chi connectivity index (χ0v) is 11.0. The minimum Gasteiger partial charge on any atom is -0.383 e. The molecule has 2 rings (SSSR count). The molecule has 1 heterocycles. The van der Waals surface area contributed by atoms with Crippen molar-refractivity contribution in [2.45, 2.75) is 44.2 Å². The minimum atomic E-state index is 0.301. The smallest absolute Gasteiger partial charge is 0.0820 e. The monoisotopic (exact) mass is 257 g/mol. The van der Waals surface area contributed by atoms with Crippen molar-refractivity contribution in [3.63, 3.8) is 0 Å². The van der Waals surface area contributed by atoms with Crippen LogP contribution in [-0.4, -0.2) is 29.5 Å². The van der Waals surface area contributed by atoms with Gasteiger partial charge in [-0.3, -0.25) is 4.68 Å². The van der Waals surface area contributed by atoms with Gasteiger partial charge in [0.2, 0.25) is 0 Å². The van der Waals surface area contributed by atoms with E-state index in [2.05, 4.69) is 5.10 Å². The Balaban J connectivity index is 2.14. The van der Waals surface area contributed by atoms with Gasteiger partial charge in [-0.15, -0.1) is 0 Å². The van der Waals surface area contributed by atoms with E-state index >= 15 is 0 Å². The van der Waals surface area contributed by atoms with E-state index in [4.69, 9.17) is 22.1 Å². The molecule has 0 aromatic carbocycles. The van der Waals surface area contributed by atoms with Gasteiger partial charge in [0.25, 0.3) is 0 Å². The third-order valence-corrected chi connectivity index (χ3v) is 3.73. The van der Waals surface area contributed by atoms with Gasteiger partial charge in [-0.25, -0.2) is 0 Å². The molecule has 0 spiro atoms. The number of nitrogens with two attached hydrogens (primary N) is 1. The first-order valence-electron chi connectivity index (χ1n) is 6.18. The van der Waals surface area contributed by atoms with Crippen molar-refractivity contribution in [3.05, 3.63) is 16.9 Å². The summed E-state index contributed by atoms with van der Waals surface area (Å²) in [6, 6.07) is 0.301. The van der Waals surface area contributed by atoms with E-state index in [1.807, 2.05) is 4.68 Å². The van der Waals surface area contributed by atoms with Gasteiger partial charge in [-0.05, 0) is 19.3 Å². The van der Waals surface area contributed by atoms with E-state index in [9.17, 15) is 0 Å². The maximum atomic E-state index is 6.24. The van der Waals surface area contributed by atoms with E-state index < -0.39 is 0 Å². The first kappa shape index (κ1) is 12.9. The predicted molar refractivity (Wildman–Crippen MR) is 68.3 cm³/mol. The maximum Gasteiger partial charge on any atom is 0.0820 e. The zero-order valence-electron chi connectivity index (χ0n) is 10.2. The molecule has 1 aromatic heterocycles. The number of aromatic nitrogens is 2. The van der Waals surface area contributed by atoms with Crippen molar-refractivity contribution >= 4 is 11.6 Å². The van der Waals surface area contributed by atoms with Gasteiger partial charge in [-0.2, -0.15) is 5.10 Å². The summed E-state index contributed by atoms with van der Waals surface area (Å²) >= 11 is 6.24. The molecule has 17 heavy (non-hydrogen) atoms. The topological polar surface area (TPSA) is 53.1 Å². The molecule has 96 valence electrons. The number of hydrogen-bond acceptors (Lipinski definition) is 3. The average molecular weight is 258 g/mol. The average Bonchev–Trinajstić information content (AvgIpc) is 2.68. The molecule has 0 amide bonds. The lowest BCUT2D eigenvalue weighted by Gasteiger charge is -2.27. The van der Waals surface area contributed by atoms with Gasteiger partial charge in [-0.1, -0.05) is 18.0 Å². The van der Waals surface area contributed by atoms with Crippen LogP contribution in [0.3, 0.4) is 0 Å². The third kappa shape index (κ3) is 3.00. The van der Waals surface area contributed by atoms with E-state index in [1.54, 1.807) is 13.3 Å². The fourth-order valence-corrected chi connectivity index (χ4v) is 2.91. The summed E-state index contributed by atoms with van der Waals surface area (Å²) in [7, 11) is 1.70. The summed E-state index contributed by atoms with van der Waals surface area (Å²) in [5.74, 6) is 0.450. The highest BCUT2D eigenvalue weighted by atomic mass is 35.5. The zero-order chi connectivity index (χ0) is 12.3. The molecule has 1 aliphatic rings. The van der Waals surface area contributed by atoms with Crippen LogP contribution in [0.5, 0.6) is 0 Å². The minimum absolute atomic E-state index is 0.301. The van der Waals surface area contributed by atoms with Crippen molar-refractivity contribution in [3.8, 4) is 0 Å². The Morgan fingerprint density at radius 1 is 1.59 bits per heavy atom. The second kappa shape index (κ2) is 5.85. The van der Waals surface area contributed by atoms with Crippen LogP contribution < -0.4 is 5.73 Å². The summed E-state index contributed by atoms with van der Waals surface area (Å²) in [5, 5.41) is 5.08. The van der Waals surface area contributed by atoms with Gasteiger partial charge < -0.3 is 10.5 Å². The molecule has 0 radical (unpaired) electrons. The third-order valence-electron chi connectivity index (χ3n) is 3.44. The summed E-state index contributed by atoms with van der Waals surface area (Å²) < 4.78 is 7.06. The lowest BCUT2D eigenvalue weighted by Crippen LogP contribution is -2.28. The molecular weight excluding hydrogens is 238 g/mol. The fraction of sp³-hybridized carbons (Fsp3) is 0.750. The SMILES string of the molecule is COCCn1ncc(Cl)c1C1CCCC(N)C1. The molecule has 5 heteroatoms. The molecule has 2 N–H and O–H groups in total. The number of methoxy groups -OCH3 is 1. The molecule has 0 bridgehead atoms. The van der Waals surface area contributed by atoms with Crippen LogP contribution in [0.4, 0.5) is 0 Å². The maximum absolute atomic E-state index is 6.24. The Morgan fingerprint density at radius 3 is 3.12 bits per heavy atom. The number of halogens is 1. The highest BCUT2D eigenvalue weighted by molar-refractivity contribution is 6.31. The van der Waals surface area contributed by atoms with Crippen molar-refractivity contribution in [2.24, 2.45) is 5.73 Å². The predicted octanol–water partition coefficient (Wildman–Crippen LogP) is 2.17. The van der Waals surface area contributed by atoms with Gasteiger partial charge in [0.1, 0.15) is 0 Å². The Hall–Kier alpha value is -0.580. The number of hydrogen-bond donors (Lipinski definition) is 1. The fourth-order valence-electron chi connectivity index (χ4n) is 2.61. The normalized spacial score (nSPS) is 25.1. The van der Waals surface area contributed by atoms with Gasteiger partial charge in [0.15, 0.2) is 0 Å². The van der Waals surface area contributed by atoms with Crippen molar-refractivity contribution in [1.29, 1.82) is 0 Å². The van der Waals surface area contributed by atoms with E-state index in [0.717, 1.165) is 36.5 Å². The Kier molecular flexibility index (Phi) is 4.42. The molecule has 2 unspecified atom stereocenters. The summed E-state index contributed by atoms with van der Waals surface area (Å²) in [6.07, 6.45) is 6.20. The summed E-state index contributed by atoms with van der Waals surface area (Å²) in [5.41, 5.74) is 7.17. The largest absolute Gasteiger partial charge is 0.383 e. The highest BCUT2D eigenvalue weighted by Gasteiger charge is 2.25. The molecule has 1 aliphatic carbocycles. The van der Waals surface area contributed by atoms with Crippen LogP contribution >= 0.6 is 11.6 Å². The molecule has 1 aromatic rings.